The lowest BCUT2D eigenvalue weighted by Gasteiger charge is -2.34. The Balaban J connectivity index is 1.61. The van der Waals surface area contributed by atoms with Gasteiger partial charge in [0.25, 0.3) is 5.69 Å². The van der Waals surface area contributed by atoms with E-state index in [4.69, 9.17) is 4.74 Å². The third kappa shape index (κ3) is 4.35. The van der Waals surface area contributed by atoms with Crippen LogP contribution in [0.15, 0.2) is 29.2 Å². The third-order valence-corrected chi connectivity index (χ3v) is 6.78. The molecule has 2 heterocycles. The van der Waals surface area contributed by atoms with Crippen LogP contribution in [-0.2, 0) is 14.8 Å². The second-order valence-corrected chi connectivity index (χ2v) is 8.54. The highest BCUT2D eigenvalue weighted by Gasteiger charge is 2.32. The van der Waals surface area contributed by atoms with E-state index >= 15 is 0 Å². The zero-order chi connectivity index (χ0) is 17.9. The van der Waals surface area contributed by atoms with Crippen molar-refractivity contribution in [2.75, 3.05) is 39.3 Å². The molecule has 2 saturated heterocycles. The zero-order valence-corrected chi connectivity index (χ0v) is 14.9. The molecule has 0 unspecified atom stereocenters. The Morgan fingerprint density at radius 1 is 1.28 bits per heavy atom. The fourth-order valence-electron chi connectivity index (χ4n) is 3.44. The minimum absolute atomic E-state index is 0.0132. The van der Waals surface area contributed by atoms with Gasteiger partial charge >= 0.3 is 0 Å². The quantitative estimate of drug-likeness (QED) is 0.584. The molecular formula is C16H24N3O5S+. The molecule has 9 heteroatoms. The molecule has 0 aromatic heterocycles. The van der Waals surface area contributed by atoms with Crippen molar-refractivity contribution in [1.29, 1.82) is 0 Å². The van der Waals surface area contributed by atoms with Gasteiger partial charge in [0.05, 0.1) is 36.0 Å². The van der Waals surface area contributed by atoms with E-state index < -0.39 is 14.9 Å². The summed E-state index contributed by atoms with van der Waals surface area (Å²) < 4.78 is 32.6. The number of quaternary nitrogens is 1. The Bertz CT molecular complexity index is 710. The number of nitro groups is 1. The van der Waals surface area contributed by atoms with Gasteiger partial charge in [-0.05, 0) is 25.3 Å². The summed E-state index contributed by atoms with van der Waals surface area (Å²) in [5, 5.41) is 10.9. The van der Waals surface area contributed by atoms with Crippen molar-refractivity contribution in [2.45, 2.75) is 30.3 Å². The lowest BCUT2D eigenvalue weighted by molar-refractivity contribution is -0.907. The summed E-state index contributed by atoms with van der Waals surface area (Å²) >= 11 is 0. The zero-order valence-electron chi connectivity index (χ0n) is 14.1. The van der Waals surface area contributed by atoms with Crippen LogP contribution in [0.1, 0.15) is 19.3 Å². The van der Waals surface area contributed by atoms with Crippen LogP contribution in [0.5, 0.6) is 0 Å². The number of benzene rings is 1. The Hall–Kier alpha value is -1.55. The van der Waals surface area contributed by atoms with Crippen LogP contribution in [0.4, 0.5) is 5.69 Å². The van der Waals surface area contributed by atoms with Crippen molar-refractivity contribution in [3.05, 3.63) is 34.4 Å². The topological polar surface area (TPSA) is 94.2 Å². The number of hydrogen-bond acceptors (Lipinski definition) is 5. The van der Waals surface area contributed by atoms with Gasteiger partial charge in [0.2, 0.25) is 10.0 Å². The molecule has 138 valence electrons. The molecule has 8 nitrogen and oxygen atoms in total. The maximum Gasteiger partial charge on any atom is 0.270 e. The van der Waals surface area contributed by atoms with E-state index in [0.717, 1.165) is 45.1 Å². The molecule has 1 aromatic carbocycles. The van der Waals surface area contributed by atoms with Crippen molar-refractivity contribution in [1.82, 2.24) is 4.31 Å². The fourth-order valence-corrected chi connectivity index (χ4v) is 4.93. The molecule has 1 N–H and O–H groups in total. The average Bonchev–Trinajstić information content (AvgIpc) is 2.63. The van der Waals surface area contributed by atoms with Gasteiger partial charge < -0.3 is 9.64 Å². The molecule has 2 aliphatic rings. The lowest BCUT2D eigenvalue weighted by atomic mass is 10.1. The summed E-state index contributed by atoms with van der Waals surface area (Å²) in [7, 11) is -3.69. The number of rotatable bonds is 5. The number of ether oxygens (including phenoxy) is 1. The number of piperazine rings is 1. The minimum Gasteiger partial charge on any atom is -0.372 e. The first-order chi connectivity index (χ1) is 12.0. The molecule has 2 fully saturated rings. The van der Waals surface area contributed by atoms with Crippen molar-refractivity contribution < 1.29 is 23.0 Å². The summed E-state index contributed by atoms with van der Waals surface area (Å²) in [6.07, 6.45) is 3.69. The first-order valence-electron chi connectivity index (χ1n) is 8.66. The van der Waals surface area contributed by atoms with Gasteiger partial charge in [0.15, 0.2) is 0 Å². The molecule has 0 radical (unpaired) electrons. The van der Waals surface area contributed by atoms with E-state index in [2.05, 4.69) is 0 Å². The Labute approximate surface area is 147 Å². The molecule has 1 atom stereocenters. The number of sulfonamides is 1. The van der Waals surface area contributed by atoms with Crippen molar-refractivity contribution in [2.24, 2.45) is 0 Å². The van der Waals surface area contributed by atoms with E-state index in [1.54, 1.807) is 0 Å². The highest BCUT2D eigenvalue weighted by Crippen LogP contribution is 2.21. The monoisotopic (exact) mass is 370 g/mol. The lowest BCUT2D eigenvalue weighted by Crippen LogP contribution is -3.15. The first kappa shape index (κ1) is 18.2. The minimum atomic E-state index is -3.69. The van der Waals surface area contributed by atoms with Crippen LogP contribution in [0, 0.1) is 10.1 Å². The SMILES string of the molecule is O=[N+]([O-])c1cccc(S(=O)(=O)N2CC[NH+](C[C@H]3CCCCO3)CC2)c1. The number of hydrogen-bond donors (Lipinski definition) is 1. The summed E-state index contributed by atoms with van der Waals surface area (Å²) in [6, 6.07) is 5.25. The van der Waals surface area contributed by atoms with Crippen LogP contribution in [0.25, 0.3) is 0 Å². The normalized spacial score (nSPS) is 23.4. The van der Waals surface area contributed by atoms with Crippen LogP contribution >= 0.6 is 0 Å². The largest absolute Gasteiger partial charge is 0.372 e. The number of nitrogens with zero attached hydrogens (tertiary/aromatic N) is 2. The predicted molar refractivity (Wildman–Crippen MR) is 91.0 cm³/mol. The molecule has 1 aromatic rings. The van der Waals surface area contributed by atoms with E-state index in [1.807, 2.05) is 0 Å². The summed E-state index contributed by atoms with van der Waals surface area (Å²) in [4.78, 5) is 11.6. The second kappa shape index (κ2) is 7.77. The second-order valence-electron chi connectivity index (χ2n) is 6.60. The molecule has 0 amide bonds. The van der Waals surface area contributed by atoms with Gasteiger partial charge in [0, 0.05) is 18.7 Å². The molecule has 25 heavy (non-hydrogen) atoms. The number of non-ortho nitro benzene ring substituents is 1. The van der Waals surface area contributed by atoms with Crippen LogP contribution in [0.2, 0.25) is 0 Å². The van der Waals surface area contributed by atoms with Gasteiger partial charge in [-0.3, -0.25) is 10.1 Å². The fraction of sp³-hybridized carbons (Fsp3) is 0.625. The molecule has 0 aliphatic carbocycles. The van der Waals surface area contributed by atoms with Gasteiger partial charge in [-0.2, -0.15) is 4.31 Å². The number of nitrogens with one attached hydrogen (secondary N) is 1. The third-order valence-electron chi connectivity index (χ3n) is 4.89. The predicted octanol–water partition coefficient (Wildman–Crippen LogP) is 0.0531. The smallest absolute Gasteiger partial charge is 0.270 e. The van der Waals surface area contributed by atoms with Gasteiger partial charge in [-0.1, -0.05) is 6.07 Å². The number of nitro benzene ring substituents is 1. The highest BCUT2D eigenvalue weighted by atomic mass is 32.2. The maximum absolute atomic E-state index is 12.7. The van der Waals surface area contributed by atoms with Gasteiger partial charge in [-0.15, -0.1) is 0 Å². The van der Waals surface area contributed by atoms with E-state index in [-0.39, 0.29) is 16.7 Å². The van der Waals surface area contributed by atoms with Gasteiger partial charge in [0.1, 0.15) is 12.6 Å². The average molecular weight is 370 g/mol. The van der Waals surface area contributed by atoms with E-state index in [1.165, 1.54) is 33.8 Å². The van der Waals surface area contributed by atoms with Crippen LogP contribution in [-0.4, -0.2) is 63.1 Å². The van der Waals surface area contributed by atoms with Crippen molar-refractivity contribution >= 4 is 15.7 Å². The molecular weight excluding hydrogens is 346 g/mol. The molecule has 0 saturated carbocycles. The van der Waals surface area contributed by atoms with E-state index in [9.17, 15) is 18.5 Å². The Morgan fingerprint density at radius 3 is 2.68 bits per heavy atom. The molecule has 0 bridgehead atoms. The molecule has 2 aliphatic heterocycles. The van der Waals surface area contributed by atoms with Crippen LogP contribution < -0.4 is 4.90 Å². The van der Waals surface area contributed by atoms with Crippen molar-refractivity contribution in [3.63, 3.8) is 0 Å². The molecule has 3 rings (SSSR count). The summed E-state index contributed by atoms with van der Waals surface area (Å²) in [5.74, 6) is 0. The first-order valence-corrected chi connectivity index (χ1v) is 10.1. The maximum atomic E-state index is 12.7. The van der Waals surface area contributed by atoms with Crippen LogP contribution in [0.3, 0.4) is 0 Å². The standard InChI is InChI=1S/C16H23N3O5S/c20-19(21)14-4-3-6-16(12-14)25(22,23)18-9-7-17(8-10-18)13-15-5-1-2-11-24-15/h3-4,6,12,15H,1-2,5,7-11,13H2/p+1/t15-/m1/s1. The van der Waals surface area contributed by atoms with E-state index in [0.29, 0.717) is 13.1 Å². The van der Waals surface area contributed by atoms with Gasteiger partial charge in [-0.25, -0.2) is 8.42 Å². The summed E-state index contributed by atoms with van der Waals surface area (Å²) in [6.45, 7) is 4.05. The summed E-state index contributed by atoms with van der Waals surface area (Å²) in [5.41, 5.74) is -0.209. The molecule has 0 spiro atoms. The Kier molecular flexibility index (Phi) is 5.67. The highest BCUT2D eigenvalue weighted by molar-refractivity contribution is 7.89. The Morgan fingerprint density at radius 2 is 2.04 bits per heavy atom. The van der Waals surface area contributed by atoms with Crippen molar-refractivity contribution in [3.8, 4) is 0 Å².